The molecular weight excluding hydrogens is 250 g/mol. The number of likely N-dealkylation sites (tertiary alicyclic amines) is 1. The van der Waals surface area contributed by atoms with Crippen molar-refractivity contribution >= 4 is 23.2 Å². The number of hydrogen-bond donors (Lipinski definition) is 1. The monoisotopic (exact) mass is 267 g/mol. The highest BCUT2D eigenvalue weighted by molar-refractivity contribution is 7.08. The molecule has 0 saturated carbocycles. The van der Waals surface area contributed by atoms with Crippen molar-refractivity contribution in [2.24, 2.45) is 0 Å². The molecule has 1 saturated heterocycles. The van der Waals surface area contributed by atoms with E-state index in [9.17, 15) is 14.7 Å². The molecule has 0 spiro atoms. The van der Waals surface area contributed by atoms with Gasteiger partial charge in [-0.3, -0.25) is 4.79 Å². The fourth-order valence-corrected chi connectivity index (χ4v) is 3.12. The zero-order chi connectivity index (χ0) is 13.1. The summed E-state index contributed by atoms with van der Waals surface area (Å²) in [6, 6.07) is 1.28. The van der Waals surface area contributed by atoms with Crippen LogP contribution < -0.4 is 0 Å². The molecule has 18 heavy (non-hydrogen) atoms. The standard InChI is InChI=1S/C13H17NO3S/c1-9(10-5-7-18-8-10)12(15)14-6-3-2-4-11(14)13(16)17/h5,7-9,11H,2-4,6H2,1H3,(H,16,17)/t9-,11-/m0/s1. The Labute approximate surface area is 110 Å². The van der Waals surface area contributed by atoms with Crippen LogP contribution in [0.5, 0.6) is 0 Å². The van der Waals surface area contributed by atoms with E-state index in [2.05, 4.69) is 0 Å². The molecule has 1 amide bonds. The second kappa shape index (κ2) is 5.52. The molecular formula is C13H17NO3S. The van der Waals surface area contributed by atoms with Crippen LogP contribution in [-0.2, 0) is 9.59 Å². The van der Waals surface area contributed by atoms with Gasteiger partial charge in [0.05, 0.1) is 5.92 Å². The van der Waals surface area contributed by atoms with Gasteiger partial charge in [-0.2, -0.15) is 11.3 Å². The summed E-state index contributed by atoms with van der Waals surface area (Å²) in [5.41, 5.74) is 0.972. The Morgan fingerprint density at radius 1 is 1.50 bits per heavy atom. The highest BCUT2D eigenvalue weighted by Gasteiger charge is 2.34. The minimum absolute atomic E-state index is 0.0690. The van der Waals surface area contributed by atoms with Crippen molar-refractivity contribution in [1.82, 2.24) is 4.90 Å². The second-order valence-corrected chi connectivity index (χ2v) is 5.44. The highest BCUT2D eigenvalue weighted by atomic mass is 32.1. The molecule has 1 N–H and O–H groups in total. The lowest BCUT2D eigenvalue weighted by molar-refractivity contribution is -0.152. The maximum Gasteiger partial charge on any atom is 0.326 e. The topological polar surface area (TPSA) is 57.6 Å². The largest absolute Gasteiger partial charge is 0.480 e. The van der Waals surface area contributed by atoms with Gasteiger partial charge in [0.25, 0.3) is 0 Å². The Bertz CT molecular complexity index is 429. The normalized spacial score (nSPS) is 21.6. The molecule has 1 aliphatic heterocycles. The number of nitrogens with zero attached hydrogens (tertiary/aromatic N) is 1. The smallest absolute Gasteiger partial charge is 0.326 e. The predicted molar refractivity (Wildman–Crippen MR) is 69.7 cm³/mol. The number of hydrogen-bond acceptors (Lipinski definition) is 3. The van der Waals surface area contributed by atoms with Crippen molar-refractivity contribution in [3.8, 4) is 0 Å². The van der Waals surface area contributed by atoms with Gasteiger partial charge in [0.15, 0.2) is 0 Å². The molecule has 0 aliphatic carbocycles. The van der Waals surface area contributed by atoms with Gasteiger partial charge in [0.2, 0.25) is 5.91 Å². The minimum Gasteiger partial charge on any atom is -0.480 e. The Kier molecular flexibility index (Phi) is 4.01. The van der Waals surface area contributed by atoms with E-state index in [0.29, 0.717) is 13.0 Å². The van der Waals surface area contributed by atoms with E-state index in [0.717, 1.165) is 18.4 Å². The third-order valence-corrected chi connectivity index (χ3v) is 4.19. The Balaban J connectivity index is 2.13. The summed E-state index contributed by atoms with van der Waals surface area (Å²) in [5.74, 6) is -1.21. The summed E-state index contributed by atoms with van der Waals surface area (Å²) in [6.45, 7) is 2.40. The molecule has 98 valence electrons. The van der Waals surface area contributed by atoms with Crippen molar-refractivity contribution in [1.29, 1.82) is 0 Å². The maximum atomic E-state index is 12.4. The fourth-order valence-electron chi connectivity index (χ4n) is 2.36. The first-order valence-electron chi connectivity index (χ1n) is 6.16. The molecule has 1 fully saturated rings. The van der Waals surface area contributed by atoms with Crippen molar-refractivity contribution < 1.29 is 14.7 Å². The average molecular weight is 267 g/mol. The summed E-state index contributed by atoms with van der Waals surface area (Å²) in [5, 5.41) is 13.1. The van der Waals surface area contributed by atoms with Gasteiger partial charge in [0.1, 0.15) is 6.04 Å². The molecule has 1 aromatic heterocycles. The van der Waals surface area contributed by atoms with E-state index in [-0.39, 0.29) is 11.8 Å². The lowest BCUT2D eigenvalue weighted by atomic mass is 9.97. The number of rotatable bonds is 3. The number of aliphatic carboxylic acids is 1. The van der Waals surface area contributed by atoms with E-state index >= 15 is 0 Å². The second-order valence-electron chi connectivity index (χ2n) is 4.66. The fraction of sp³-hybridized carbons (Fsp3) is 0.538. The number of amides is 1. The van der Waals surface area contributed by atoms with Crippen molar-refractivity contribution in [2.45, 2.75) is 38.1 Å². The van der Waals surface area contributed by atoms with Gasteiger partial charge in [-0.1, -0.05) is 0 Å². The van der Waals surface area contributed by atoms with Crippen LogP contribution in [-0.4, -0.2) is 34.5 Å². The minimum atomic E-state index is -0.888. The first kappa shape index (κ1) is 13.1. The molecule has 5 heteroatoms. The van der Waals surface area contributed by atoms with Gasteiger partial charge in [0, 0.05) is 6.54 Å². The van der Waals surface area contributed by atoms with Crippen molar-refractivity contribution in [3.05, 3.63) is 22.4 Å². The van der Waals surface area contributed by atoms with Crippen LogP contribution in [0.3, 0.4) is 0 Å². The summed E-state index contributed by atoms with van der Waals surface area (Å²) in [4.78, 5) is 25.1. The van der Waals surface area contributed by atoms with Crippen LogP contribution in [0.15, 0.2) is 16.8 Å². The molecule has 0 radical (unpaired) electrons. The molecule has 0 aromatic carbocycles. The third kappa shape index (κ3) is 2.56. The van der Waals surface area contributed by atoms with Crippen molar-refractivity contribution in [3.63, 3.8) is 0 Å². The van der Waals surface area contributed by atoms with Gasteiger partial charge >= 0.3 is 5.97 Å². The van der Waals surface area contributed by atoms with Crippen LogP contribution in [0, 0.1) is 0 Å². The molecule has 1 aromatic rings. The molecule has 2 rings (SSSR count). The van der Waals surface area contributed by atoms with Gasteiger partial charge in [-0.05, 0) is 48.6 Å². The molecule has 0 unspecified atom stereocenters. The van der Waals surface area contributed by atoms with Gasteiger partial charge in [-0.25, -0.2) is 4.79 Å². The quantitative estimate of drug-likeness (QED) is 0.914. The highest BCUT2D eigenvalue weighted by Crippen LogP contribution is 2.25. The molecule has 0 bridgehead atoms. The number of thiophene rings is 1. The van der Waals surface area contributed by atoms with Crippen LogP contribution >= 0.6 is 11.3 Å². The number of piperidine rings is 1. The van der Waals surface area contributed by atoms with E-state index < -0.39 is 12.0 Å². The van der Waals surface area contributed by atoms with Crippen LogP contribution in [0.25, 0.3) is 0 Å². The number of carbonyl (C=O) groups is 2. The summed E-state index contributed by atoms with van der Waals surface area (Å²) in [7, 11) is 0. The summed E-state index contributed by atoms with van der Waals surface area (Å²) in [6.07, 6.45) is 2.34. The Morgan fingerprint density at radius 3 is 2.89 bits per heavy atom. The molecule has 2 atom stereocenters. The van der Waals surface area contributed by atoms with E-state index in [1.165, 1.54) is 4.90 Å². The predicted octanol–water partition coefficient (Wildman–Crippen LogP) is 2.32. The number of carboxylic acid groups (broad SMARTS) is 1. The van der Waals surface area contributed by atoms with E-state index in [4.69, 9.17) is 0 Å². The van der Waals surface area contributed by atoms with Gasteiger partial charge < -0.3 is 10.0 Å². The van der Waals surface area contributed by atoms with Crippen molar-refractivity contribution in [2.75, 3.05) is 6.54 Å². The first-order chi connectivity index (χ1) is 8.61. The molecule has 4 nitrogen and oxygen atoms in total. The zero-order valence-electron chi connectivity index (χ0n) is 10.3. The van der Waals surface area contributed by atoms with Crippen LogP contribution in [0.1, 0.15) is 37.7 Å². The van der Waals surface area contributed by atoms with Crippen LogP contribution in [0.2, 0.25) is 0 Å². The average Bonchev–Trinajstić information content (AvgIpc) is 2.90. The zero-order valence-corrected chi connectivity index (χ0v) is 11.2. The molecule has 1 aliphatic rings. The number of carbonyl (C=O) groups excluding carboxylic acids is 1. The lowest BCUT2D eigenvalue weighted by Gasteiger charge is -2.34. The first-order valence-corrected chi connectivity index (χ1v) is 7.11. The number of carboxylic acids is 1. The maximum absolute atomic E-state index is 12.4. The molecule has 2 heterocycles. The third-order valence-electron chi connectivity index (χ3n) is 3.48. The lowest BCUT2D eigenvalue weighted by Crippen LogP contribution is -2.49. The SMILES string of the molecule is C[C@H](C(=O)N1CCCC[C@H]1C(=O)O)c1ccsc1. The van der Waals surface area contributed by atoms with Gasteiger partial charge in [-0.15, -0.1) is 0 Å². The Morgan fingerprint density at radius 2 is 2.28 bits per heavy atom. The summed E-state index contributed by atoms with van der Waals surface area (Å²) >= 11 is 1.55. The van der Waals surface area contributed by atoms with Crippen LogP contribution in [0.4, 0.5) is 0 Å². The van der Waals surface area contributed by atoms with E-state index in [1.54, 1.807) is 11.3 Å². The summed E-state index contributed by atoms with van der Waals surface area (Å²) < 4.78 is 0. The Hall–Kier alpha value is -1.36. The van der Waals surface area contributed by atoms with E-state index in [1.807, 2.05) is 23.8 Å².